The summed E-state index contributed by atoms with van der Waals surface area (Å²) < 4.78 is 5.10. The molecule has 0 bridgehead atoms. The molecule has 0 aliphatic heterocycles. The van der Waals surface area contributed by atoms with Crippen LogP contribution in [0.2, 0.25) is 5.02 Å². The van der Waals surface area contributed by atoms with Gasteiger partial charge in [0, 0.05) is 10.7 Å². The van der Waals surface area contributed by atoms with Crippen molar-refractivity contribution in [1.82, 2.24) is 10.2 Å². The quantitative estimate of drug-likeness (QED) is 0.662. The van der Waals surface area contributed by atoms with Gasteiger partial charge in [-0.05, 0) is 54.4 Å². The largest absolute Gasteiger partial charge is 0.497 e. The zero-order valence-corrected chi connectivity index (χ0v) is 15.7. The SMILES string of the molecule is COc1ccc(CC(=O)Nc2ccc(Nc3ccc(C)c(Cl)c3)nn2)cc1. The van der Waals surface area contributed by atoms with E-state index in [1.54, 1.807) is 19.2 Å². The predicted octanol–water partition coefficient (Wildman–Crippen LogP) is 4.37. The molecule has 0 aliphatic carbocycles. The number of aryl methyl sites for hydroxylation is 1. The summed E-state index contributed by atoms with van der Waals surface area (Å²) in [7, 11) is 1.60. The van der Waals surface area contributed by atoms with Crippen molar-refractivity contribution >= 4 is 34.8 Å². The topological polar surface area (TPSA) is 76.1 Å². The van der Waals surface area contributed by atoms with Crippen LogP contribution in [0.25, 0.3) is 0 Å². The molecule has 2 aromatic carbocycles. The van der Waals surface area contributed by atoms with Crippen LogP contribution in [0.5, 0.6) is 5.75 Å². The Bertz CT molecular complexity index is 928. The lowest BCUT2D eigenvalue weighted by molar-refractivity contribution is -0.115. The van der Waals surface area contributed by atoms with E-state index in [1.165, 1.54) is 0 Å². The van der Waals surface area contributed by atoms with Crippen molar-refractivity contribution in [3.05, 3.63) is 70.7 Å². The number of ether oxygens (including phenoxy) is 1. The van der Waals surface area contributed by atoms with E-state index in [2.05, 4.69) is 20.8 Å². The molecule has 27 heavy (non-hydrogen) atoms. The molecule has 2 N–H and O–H groups in total. The van der Waals surface area contributed by atoms with Crippen molar-refractivity contribution in [3.8, 4) is 5.75 Å². The number of rotatable bonds is 6. The molecule has 0 radical (unpaired) electrons. The van der Waals surface area contributed by atoms with Crippen LogP contribution in [0.3, 0.4) is 0 Å². The minimum absolute atomic E-state index is 0.166. The van der Waals surface area contributed by atoms with Gasteiger partial charge in [-0.25, -0.2) is 0 Å². The first-order chi connectivity index (χ1) is 13.0. The Morgan fingerprint density at radius 1 is 1.04 bits per heavy atom. The minimum atomic E-state index is -0.166. The molecule has 0 saturated carbocycles. The second-order valence-electron chi connectivity index (χ2n) is 5.97. The lowest BCUT2D eigenvalue weighted by atomic mass is 10.1. The number of hydrogen-bond donors (Lipinski definition) is 2. The number of nitrogens with one attached hydrogen (secondary N) is 2. The monoisotopic (exact) mass is 382 g/mol. The fraction of sp³-hybridized carbons (Fsp3) is 0.150. The number of amides is 1. The van der Waals surface area contributed by atoms with E-state index >= 15 is 0 Å². The number of benzene rings is 2. The molecular weight excluding hydrogens is 364 g/mol. The number of carbonyl (C=O) groups is 1. The van der Waals surface area contributed by atoms with E-state index in [-0.39, 0.29) is 12.3 Å². The molecule has 1 aromatic heterocycles. The van der Waals surface area contributed by atoms with Gasteiger partial charge in [0.2, 0.25) is 5.91 Å². The summed E-state index contributed by atoms with van der Waals surface area (Å²) >= 11 is 6.12. The van der Waals surface area contributed by atoms with Gasteiger partial charge < -0.3 is 15.4 Å². The Morgan fingerprint density at radius 3 is 2.37 bits per heavy atom. The standard InChI is InChI=1S/C20H19ClN4O2/c1-13-3-6-15(12-17(13)21)22-18-9-10-19(25-24-18)23-20(26)11-14-4-7-16(27-2)8-5-14/h3-10,12H,11H2,1-2H3,(H,22,24)(H,23,25,26). The maximum absolute atomic E-state index is 12.1. The van der Waals surface area contributed by atoms with Crippen molar-refractivity contribution < 1.29 is 9.53 Å². The number of carbonyl (C=O) groups excluding carboxylic acids is 1. The molecule has 0 unspecified atom stereocenters. The molecule has 7 heteroatoms. The van der Waals surface area contributed by atoms with Gasteiger partial charge in [-0.3, -0.25) is 4.79 Å². The Kier molecular flexibility index (Phi) is 5.88. The lowest BCUT2D eigenvalue weighted by Crippen LogP contribution is -2.15. The molecule has 0 aliphatic rings. The summed E-state index contributed by atoms with van der Waals surface area (Å²) in [6.07, 6.45) is 0.244. The lowest BCUT2D eigenvalue weighted by Gasteiger charge is -2.08. The minimum Gasteiger partial charge on any atom is -0.497 e. The number of aromatic nitrogens is 2. The van der Waals surface area contributed by atoms with E-state index in [1.807, 2.05) is 49.4 Å². The first-order valence-corrected chi connectivity index (χ1v) is 8.71. The molecule has 138 valence electrons. The van der Waals surface area contributed by atoms with Gasteiger partial charge in [0.1, 0.15) is 5.75 Å². The van der Waals surface area contributed by atoms with Gasteiger partial charge in [0.25, 0.3) is 0 Å². The van der Waals surface area contributed by atoms with Crippen LogP contribution >= 0.6 is 11.6 Å². The highest BCUT2D eigenvalue weighted by Gasteiger charge is 2.07. The molecule has 1 amide bonds. The Morgan fingerprint density at radius 2 is 1.74 bits per heavy atom. The van der Waals surface area contributed by atoms with Gasteiger partial charge in [-0.2, -0.15) is 0 Å². The van der Waals surface area contributed by atoms with E-state index in [4.69, 9.17) is 16.3 Å². The second-order valence-corrected chi connectivity index (χ2v) is 6.37. The Balaban J connectivity index is 1.57. The van der Waals surface area contributed by atoms with E-state index in [9.17, 15) is 4.79 Å². The molecule has 6 nitrogen and oxygen atoms in total. The third-order valence-electron chi connectivity index (χ3n) is 3.90. The first-order valence-electron chi connectivity index (χ1n) is 8.33. The van der Waals surface area contributed by atoms with Gasteiger partial charge in [0.05, 0.1) is 13.5 Å². The number of anilines is 3. The molecule has 0 saturated heterocycles. The van der Waals surface area contributed by atoms with Crippen molar-refractivity contribution in [2.75, 3.05) is 17.7 Å². The van der Waals surface area contributed by atoms with Crippen LogP contribution in [-0.2, 0) is 11.2 Å². The summed E-state index contributed by atoms with van der Waals surface area (Å²) in [5, 5.41) is 14.6. The summed E-state index contributed by atoms with van der Waals surface area (Å²) in [6, 6.07) is 16.4. The average Bonchev–Trinajstić information content (AvgIpc) is 2.67. The van der Waals surface area contributed by atoms with E-state index < -0.39 is 0 Å². The van der Waals surface area contributed by atoms with Crippen LogP contribution in [0.4, 0.5) is 17.3 Å². The Hall–Kier alpha value is -3.12. The predicted molar refractivity (Wildman–Crippen MR) is 107 cm³/mol. The molecule has 0 atom stereocenters. The normalized spacial score (nSPS) is 10.3. The van der Waals surface area contributed by atoms with Crippen LogP contribution in [0.1, 0.15) is 11.1 Å². The second kappa shape index (κ2) is 8.51. The fourth-order valence-corrected chi connectivity index (χ4v) is 2.58. The van der Waals surface area contributed by atoms with Crippen LogP contribution in [-0.4, -0.2) is 23.2 Å². The highest BCUT2D eigenvalue weighted by molar-refractivity contribution is 6.31. The Labute approximate surface area is 162 Å². The zero-order chi connectivity index (χ0) is 19.2. The number of hydrogen-bond acceptors (Lipinski definition) is 5. The van der Waals surface area contributed by atoms with Gasteiger partial charge in [0.15, 0.2) is 11.6 Å². The van der Waals surface area contributed by atoms with Gasteiger partial charge >= 0.3 is 0 Å². The smallest absolute Gasteiger partial charge is 0.229 e. The molecule has 1 heterocycles. The van der Waals surface area contributed by atoms with Gasteiger partial charge in [-0.1, -0.05) is 29.8 Å². The summed E-state index contributed by atoms with van der Waals surface area (Å²) in [5.41, 5.74) is 2.70. The average molecular weight is 383 g/mol. The van der Waals surface area contributed by atoms with Crippen molar-refractivity contribution in [1.29, 1.82) is 0 Å². The van der Waals surface area contributed by atoms with Crippen LogP contribution in [0.15, 0.2) is 54.6 Å². The summed E-state index contributed by atoms with van der Waals surface area (Å²) in [6.45, 7) is 1.94. The molecule has 3 rings (SSSR count). The van der Waals surface area contributed by atoms with Gasteiger partial charge in [-0.15, -0.1) is 10.2 Å². The van der Waals surface area contributed by atoms with Crippen molar-refractivity contribution in [2.45, 2.75) is 13.3 Å². The number of nitrogens with zero attached hydrogens (tertiary/aromatic N) is 2. The maximum Gasteiger partial charge on any atom is 0.229 e. The van der Waals surface area contributed by atoms with Crippen molar-refractivity contribution in [3.63, 3.8) is 0 Å². The maximum atomic E-state index is 12.1. The first kappa shape index (κ1) is 18.7. The fourth-order valence-electron chi connectivity index (χ4n) is 2.40. The number of methoxy groups -OCH3 is 1. The molecular formula is C20H19ClN4O2. The highest BCUT2D eigenvalue weighted by atomic mass is 35.5. The summed E-state index contributed by atoms with van der Waals surface area (Å²) in [4.78, 5) is 12.1. The molecule has 0 fully saturated rings. The molecule has 0 spiro atoms. The summed E-state index contributed by atoms with van der Waals surface area (Å²) in [5.74, 6) is 1.53. The van der Waals surface area contributed by atoms with Crippen LogP contribution < -0.4 is 15.4 Å². The zero-order valence-electron chi connectivity index (χ0n) is 15.0. The third-order valence-corrected chi connectivity index (χ3v) is 4.31. The van der Waals surface area contributed by atoms with E-state index in [0.717, 1.165) is 22.6 Å². The third kappa shape index (κ3) is 5.18. The van der Waals surface area contributed by atoms with Crippen molar-refractivity contribution in [2.24, 2.45) is 0 Å². The molecule has 3 aromatic rings. The number of halogens is 1. The van der Waals surface area contributed by atoms with E-state index in [0.29, 0.717) is 16.7 Å². The van der Waals surface area contributed by atoms with Crippen LogP contribution in [0, 0.1) is 6.92 Å². The highest BCUT2D eigenvalue weighted by Crippen LogP contribution is 2.22.